The van der Waals surface area contributed by atoms with Crippen LogP contribution in [0.5, 0.6) is 5.75 Å². The van der Waals surface area contributed by atoms with E-state index in [2.05, 4.69) is 49.5 Å². The minimum Gasteiger partial charge on any atom is -0.506 e. The highest BCUT2D eigenvalue weighted by molar-refractivity contribution is 6.74. The predicted octanol–water partition coefficient (Wildman–Crippen LogP) is 8.77. The topological polar surface area (TPSA) is 159 Å². The lowest BCUT2D eigenvalue weighted by atomic mass is 9.98. The van der Waals surface area contributed by atoms with E-state index in [0.29, 0.717) is 36.4 Å². The second-order valence-electron chi connectivity index (χ2n) is 15.2. The Morgan fingerprint density at radius 1 is 0.944 bits per heavy atom. The third kappa shape index (κ3) is 8.68. The fraction of sp³-hybridized carbons (Fsp3) is 0.310. The number of fused-ring (bicyclic) bond motifs is 2. The maximum absolute atomic E-state index is 12.9. The molecule has 2 heterocycles. The molecule has 54 heavy (non-hydrogen) atoms. The average Bonchev–Trinajstić information content (AvgIpc) is 3.43. The molecule has 0 aliphatic carbocycles. The number of phenols is 1. The van der Waals surface area contributed by atoms with Crippen molar-refractivity contribution in [3.05, 3.63) is 129 Å². The zero-order valence-corrected chi connectivity index (χ0v) is 32.4. The zero-order valence-electron chi connectivity index (χ0n) is 31.4. The Balaban J connectivity index is 1.12. The van der Waals surface area contributed by atoms with E-state index in [1.54, 1.807) is 22.8 Å². The number of pyridine rings is 1. The molecule has 0 saturated heterocycles. The first-order valence-electron chi connectivity index (χ1n) is 18.2. The van der Waals surface area contributed by atoms with Crippen molar-refractivity contribution in [2.24, 2.45) is 0 Å². The summed E-state index contributed by atoms with van der Waals surface area (Å²) in [7, 11) is -2.24. The Morgan fingerprint density at radius 3 is 2.44 bits per heavy atom. The largest absolute Gasteiger partial charge is 0.506 e. The van der Waals surface area contributed by atoms with Crippen LogP contribution in [0.1, 0.15) is 56.4 Å². The number of aromatic nitrogens is 2. The average molecular weight is 749 g/mol. The fourth-order valence-corrected chi connectivity index (χ4v) is 7.77. The number of unbranched alkanes of at least 4 members (excludes halogenated alkanes) is 1. The van der Waals surface area contributed by atoms with Gasteiger partial charge in [-0.3, -0.25) is 14.7 Å². The molecule has 6 rings (SSSR count). The minimum atomic E-state index is -2.24. The van der Waals surface area contributed by atoms with Gasteiger partial charge in [0.1, 0.15) is 5.75 Å². The van der Waals surface area contributed by atoms with Gasteiger partial charge in [0.25, 0.3) is 0 Å². The maximum atomic E-state index is 12.9. The van der Waals surface area contributed by atoms with Crippen LogP contribution >= 0.6 is 0 Å². The molecule has 0 aliphatic heterocycles. The number of phenolic OH excluding ortho intramolecular Hbond substituents is 1. The predicted molar refractivity (Wildman–Crippen MR) is 216 cm³/mol. The smallest absolute Gasteiger partial charge is 0.419 e. The van der Waals surface area contributed by atoms with Gasteiger partial charge in [-0.25, -0.2) is 9.59 Å². The summed E-state index contributed by atoms with van der Waals surface area (Å²) in [6.45, 7) is 12.4. The highest BCUT2D eigenvalue weighted by atomic mass is 28.4. The number of carbonyl (C=O) groups is 1. The number of anilines is 1. The number of nitrogens with zero attached hydrogens (tertiary/aromatic N) is 1. The van der Waals surface area contributed by atoms with E-state index < -0.39 is 20.2 Å². The number of rotatable bonds is 14. The fourth-order valence-electron chi connectivity index (χ4n) is 6.49. The Kier molecular flexibility index (Phi) is 11.3. The Bertz CT molecular complexity index is 2390. The van der Waals surface area contributed by atoms with Crippen LogP contribution in [0.15, 0.2) is 105 Å². The molecule has 4 aromatic carbocycles. The van der Waals surface area contributed by atoms with Crippen LogP contribution in [0, 0.1) is 0 Å². The molecule has 0 unspecified atom stereocenters. The van der Waals surface area contributed by atoms with Crippen molar-refractivity contribution in [3.8, 4) is 16.9 Å². The third-order valence-corrected chi connectivity index (χ3v) is 14.9. The van der Waals surface area contributed by atoms with E-state index in [1.165, 1.54) is 6.07 Å². The number of aromatic amines is 1. The Hall–Kier alpha value is -5.43. The van der Waals surface area contributed by atoms with Gasteiger partial charge in [0.2, 0.25) is 5.56 Å². The van der Waals surface area contributed by atoms with Gasteiger partial charge in [0, 0.05) is 36.7 Å². The van der Waals surface area contributed by atoms with Crippen molar-refractivity contribution >= 4 is 42.1 Å². The van der Waals surface area contributed by atoms with Crippen molar-refractivity contribution in [2.45, 2.75) is 77.4 Å². The number of hydrogen-bond donors (Lipinski definition) is 5. The first-order valence-corrected chi connectivity index (χ1v) is 21.1. The molecule has 1 atom stereocenters. The van der Waals surface area contributed by atoms with Crippen molar-refractivity contribution < 1.29 is 23.9 Å². The lowest BCUT2D eigenvalue weighted by Crippen LogP contribution is -2.43. The van der Waals surface area contributed by atoms with Crippen LogP contribution in [0.4, 0.5) is 10.5 Å². The van der Waals surface area contributed by atoms with Gasteiger partial charge in [-0.15, -0.1) is 0 Å². The van der Waals surface area contributed by atoms with E-state index in [4.69, 9.17) is 8.84 Å². The van der Waals surface area contributed by atoms with Crippen molar-refractivity contribution in [3.63, 3.8) is 0 Å². The minimum absolute atomic E-state index is 0.00618. The second-order valence-corrected chi connectivity index (χ2v) is 20.0. The van der Waals surface area contributed by atoms with Crippen molar-refractivity contribution in [1.82, 2.24) is 14.9 Å². The van der Waals surface area contributed by atoms with Crippen LogP contribution in [0.25, 0.3) is 33.1 Å². The summed E-state index contributed by atoms with van der Waals surface area (Å²) in [4.78, 5) is 39.2. The number of carboxylic acid groups (broad SMARTS) is 1. The molecule has 0 radical (unpaired) electrons. The molecular formula is C42H48N4O7Si. The number of aromatic hydroxyl groups is 1. The molecule has 0 aliphatic rings. The molecule has 5 N–H and O–H groups in total. The quantitative estimate of drug-likeness (QED) is 0.0546. The van der Waals surface area contributed by atoms with Gasteiger partial charge in [-0.05, 0) is 96.0 Å². The van der Waals surface area contributed by atoms with E-state index in [-0.39, 0.29) is 22.5 Å². The second kappa shape index (κ2) is 15.9. The lowest BCUT2D eigenvalue weighted by molar-refractivity contribution is 0.181. The van der Waals surface area contributed by atoms with Gasteiger partial charge in [-0.1, -0.05) is 69.3 Å². The summed E-state index contributed by atoms with van der Waals surface area (Å²) in [6.07, 6.45) is 0.883. The molecular weight excluding hydrogens is 701 g/mol. The lowest BCUT2D eigenvalue weighted by Gasteiger charge is -2.39. The summed E-state index contributed by atoms with van der Waals surface area (Å²) >= 11 is 0. The number of nitrogens with one attached hydrogen (secondary N) is 3. The number of aryl methyl sites for hydroxylation is 2. The summed E-state index contributed by atoms with van der Waals surface area (Å²) < 4.78 is 14.3. The summed E-state index contributed by atoms with van der Waals surface area (Å²) in [5.41, 5.74) is 6.55. The first kappa shape index (κ1) is 38.3. The molecule has 12 heteroatoms. The molecule has 282 valence electrons. The Morgan fingerprint density at radius 2 is 1.70 bits per heavy atom. The summed E-state index contributed by atoms with van der Waals surface area (Å²) in [5.74, 6) is -0.391. The normalized spacial score (nSPS) is 12.7. The number of amides is 1. The van der Waals surface area contributed by atoms with Gasteiger partial charge < -0.3 is 29.4 Å². The zero-order chi connectivity index (χ0) is 38.6. The van der Waals surface area contributed by atoms with Crippen LogP contribution < -0.4 is 21.9 Å². The summed E-state index contributed by atoms with van der Waals surface area (Å²) in [6, 6.07) is 27.9. The van der Waals surface area contributed by atoms with Crippen LogP contribution in [-0.4, -0.2) is 40.7 Å². The van der Waals surface area contributed by atoms with E-state index in [1.807, 2.05) is 66.7 Å². The number of oxazole rings is 1. The SMILES string of the molecule is CC(C)(C)[Si](C)(C)O[C@H](CNCc1ccc2c(c1)oc(=O)n2CCCCc1ccc(NC(=O)O)c(-c2ccccc2)c1)c1ccc(O)c2[nH]c(=O)ccc12. The summed E-state index contributed by atoms with van der Waals surface area (Å²) in [5, 5.41) is 26.5. The van der Waals surface area contributed by atoms with Gasteiger partial charge >= 0.3 is 11.8 Å². The van der Waals surface area contributed by atoms with E-state index in [0.717, 1.165) is 58.0 Å². The molecule has 6 aromatic rings. The first-order chi connectivity index (χ1) is 25.7. The number of H-pyrrole nitrogens is 1. The van der Waals surface area contributed by atoms with Gasteiger partial charge in [0.15, 0.2) is 13.9 Å². The standard InChI is InChI=1S/C42H48N4O7Si/c1-42(2,3)54(4,5)53-37(30-16-20-35(47)39-31(30)17-21-38(48)45-39)26-43-25-28-15-19-34-36(24-28)52-41(51)46(34)22-10-9-11-27-14-18-33(44-40(49)50)32(23-27)29-12-7-6-8-13-29/h6-8,12-21,23-24,37,43-44,47H,9-11,22,25-26H2,1-5H3,(H,45,48)(H,49,50)/t37-/m1/s1. The Labute approximate surface area is 314 Å². The highest BCUT2D eigenvalue weighted by Crippen LogP contribution is 2.41. The van der Waals surface area contributed by atoms with Crippen LogP contribution in [0.3, 0.4) is 0 Å². The number of benzene rings is 4. The van der Waals surface area contributed by atoms with Gasteiger partial charge in [0.05, 0.1) is 22.8 Å². The molecule has 0 spiro atoms. The molecule has 0 saturated carbocycles. The van der Waals surface area contributed by atoms with Crippen LogP contribution in [0.2, 0.25) is 18.1 Å². The van der Waals surface area contributed by atoms with Crippen molar-refractivity contribution in [2.75, 3.05) is 11.9 Å². The highest BCUT2D eigenvalue weighted by Gasteiger charge is 2.39. The van der Waals surface area contributed by atoms with Crippen molar-refractivity contribution in [1.29, 1.82) is 0 Å². The maximum Gasteiger partial charge on any atom is 0.419 e. The molecule has 0 fully saturated rings. The van der Waals surface area contributed by atoms with E-state index >= 15 is 0 Å². The monoisotopic (exact) mass is 748 g/mol. The van der Waals surface area contributed by atoms with Gasteiger partial charge in [-0.2, -0.15) is 0 Å². The third-order valence-electron chi connectivity index (χ3n) is 10.4. The van der Waals surface area contributed by atoms with Crippen LogP contribution in [-0.2, 0) is 23.9 Å². The molecule has 11 nitrogen and oxygen atoms in total. The molecule has 0 bridgehead atoms. The molecule has 2 aromatic heterocycles. The van der Waals surface area contributed by atoms with E-state index in [9.17, 15) is 24.6 Å². The number of hydrogen-bond acceptors (Lipinski definition) is 7. The molecule has 1 amide bonds.